The molecular formula is C19H19N3O7S. The standard InChI is InChI=1S/C19H19N3O7S/c1-4-29-19(25)13-12(10-6-5-7-11(8-10)22(26)27)14(18(24)28-3)17-21(15(13)20)16(23)9(2)30-17/h5-9,12H,4,20H2,1-3H3/t9-,12+/m1/s1. The third-order valence-corrected chi connectivity index (χ3v) is 5.88. The van der Waals surface area contributed by atoms with Crippen LogP contribution in [0.4, 0.5) is 5.69 Å². The van der Waals surface area contributed by atoms with E-state index < -0.39 is 33.9 Å². The van der Waals surface area contributed by atoms with Crippen molar-refractivity contribution in [2.45, 2.75) is 25.0 Å². The Labute approximate surface area is 175 Å². The first-order valence-electron chi connectivity index (χ1n) is 8.97. The molecule has 0 unspecified atom stereocenters. The Morgan fingerprint density at radius 3 is 2.60 bits per heavy atom. The Kier molecular flexibility index (Phi) is 5.83. The number of methoxy groups -OCH3 is 1. The lowest BCUT2D eigenvalue weighted by atomic mass is 9.82. The van der Waals surface area contributed by atoms with Crippen molar-refractivity contribution in [3.05, 3.63) is 61.9 Å². The number of hydrogen-bond acceptors (Lipinski definition) is 9. The van der Waals surface area contributed by atoms with Gasteiger partial charge in [0.05, 0.1) is 46.0 Å². The minimum absolute atomic E-state index is 0.00190. The minimum atomic E-state index is -1.10. The van der Waals surface area contributed by atoms with Crippen LogP contribution in [0.5, 0.6) is 0 Å². The number of nitro benzene ring substituents is 1. The molecule has 2 aliphatic rings. The fourth-order valence-corrected chi connectivity index (χ4v) is 4.56. The van der Waals surface area contributed by atoms with Crippen molar-refractivity contribution < 1.29 is 28.8 Å². The molecule has 1 aromatic carbocycles. The minimum Gasteiger partial charge on any atom is -0.466 e. The number of thioether (sulfide) groups is 1. The predicted molar refractivity (Wildman–Crippen MR) is 107 cm³/mol. The summed E-state index contributed by atoms with van der Waals surface area (Å²) >= 11 is 1.10. The van der Waals surface area contributed by atoms with E-state index in [1.165, 1.54) is 31.4 Å². The molecule has 2 atom stereocenters. The summed E-state index contributed by atoms with van der Waals surface area (Å²) in [5.74, 6) is -3.28. The number of carbonyl (C=O) groups excluding carboxylic acids is 3. The van der Waals surface area contributed by atoms with Crippen LogP contribution in [0.15, 0.2) is 46.3 Å². The molecule has 0 spiro atoms. The molecule has 0 saturated carbocycles. The Morgan fingerprint density at radius 1 is 1.30 bits per heavy atom. The maximum absolute atomic E-state index is 12.8. The number of ether oxygens (including phenoxy) is 2. The molecule has 2 N–H and O–H groups in total. The largest absolute Gasteiger partial charge is 0.466 e. The smallest absolute Gasteiger partial charge is 0.338 e. The summed E-state index contributed by atoms with van der Waals surface area (Å²) in [5, 5.41) is 11.0. The highest BCUT2D eigenvalue weighted by Crippen LogP contribution is 2.50. The number of nitrogens with two attached hydrogens (primary N) is 1. The number of nitrogens with zero attached hydrogens (tertiary/aromatic N) is 2. The third kappa shape index (κ3) is 3.41. The van der Waals surface area contributed by atoms with Gasteiger partial charge in [-0.2, -0.15) is 0 Å². The highest BCUT2D eigenvalue weighted by molar-refractivity contribution is 8.04. The molecule has 10 nitrogen and oxygen atoms in total. The van der Waals surface area contributed by atoms with Crippen LogP contribution in [0.1, 0.15) is 25.3 Å². The molecule has 158 valence electrons. The van der Waals surface area contributed by atoms with E-state index in [1.807, 2.05) is 0 Å². The van der Waals surface area contributed by atoms with Crippen LogP contribution in [0.25, 0.3) is 0 Å². The van der Waals surface area contributed by atoms with Crippen LogP contribution in [0, 0.1) is 10.1 Å². The molecule has 0 bridgehead atoms. The van der Waals surface area contributed by atoms with Gasteiger partial charge in [0.1, 0.15) is 5.82 Å². The fraction of sp³-hybridized carbons (Fsp3) is 0.316. The van der Waals surface area contributed by atoms with Gasteiger partial charge in [-0.1, -0.05) is 23.9 Å². The van der Waals surface area contributed by atoms with E-state index in [0.29, 0.717) is 0 Å². The van der Waals surface area contributed by atoms with Crippen LogP contribution in [-0.2, 0) is 23.9 Å². The van der Waals surface area contributed by atoms with Crippen molar-refractivity contribution in [1.29, 1.82) is 0 Å². The van der Waals surface area contributed by atoms with E-state index >= 15 is 0 Å². The summed E-state index contributed by atoms with van der Waals surface area (Å²) in [6.45, 7) is 3.27. The predicted octanol–water partition coefficient (Wildman–Crippen LogP) is 1.77. The van der Waals surface area contributed by atoms with Gasteiger partial charge in [-0.15, -0.1) is 0 Å². The summed E-state index contributed by atoms with van der Waals surface area (Å²) < 4.78 is 10.0. The van der Waals surface area contributed by atoms with Crippen LogP contribution >= 0.6 is 11.8 Å². The number of hydrogen-bond donors (Lipinski definition) is 1. The van der Waals surface area contributed by atoms with E-state index in [0.717, 1.165) is 16.7 Å². The molecule has 2 aliphatic heterocycles. The van der Waals surface area contributed by atoms with Crippen LogP contribution < -0.4 is 5.73 Å². The molecule has 3 rings (SSSR count). The lowest BCUT2D eigenvalue weighted by Crippen LogP contribution is -2.40. The first-order valence-corrected chi connectivity index (χ1v) is 9.85. The van der Waals surface area contributed by atoms with E-state index in [4.69, 9.17) is 15.2 Å². The summed E-state index contributed by atoms with van der Waals surface area (Å²) in [5.41, 5.74) is 6.12. The van der Waals surface area contributed by atoms with Gasteiger partial charge in [0.25, 0.3) is 5.69 Å². The second-order valence-electron chi connectivity index (χ2n) is 6.45. The van der Waals surface area contributed by atoms with E-state index in [1.54, 1.807) is 13.8 Å². The Morgan fingerprint density at radius 2 is 2.00 bits per heavy atom. The van der Waals surface area contributed by atoms with Gasteiger partial charge in [0, 0.05) is 12.1 Å². The van der Waals surface area contributed by atoms with Crippen molar-refractivity contribution in [1.82, 2.24) is 4.90 Å². The van der Waals surface area contributed by atoms with Crippen molar-refractivity contribution in [2.24, 2.45) is 5.73 Å². The zero-order valence-electron chi connectivity index (χ0n) is 16.4. The summed E-state index contributed by atoms with van der Waals surface area (Å²) in [7, 11) is 1.17. The third-order valence-electron chi connectivity index (χ3n) is 4.70. The second-order valence-corrected chi connectivity index (χ2v) is 7.78. The normalized spacial score (nSPS) is 20.9. The van der Waals surface area contributed by atoms with Crippen molar-refractivity contribution in [3.8, 4) is 0 Å². The van der Waals surface area contributed by atoms with Gasteiger partial charge in [-0.25, -0.2) is 9.59 Å². The molecule has 0 aliphatic carbocycles. The van der Waals surface area contributed by atoms with E-state index in [9.17, 15) is 24.5 Å². The summed E-state index contributed by atoms with van der Waals surface area (Å²) in [4.78, 5) is 50.1. The van der Waals surface area contributed by atoms with Crippen LogP contribution in [-0.4, -0.2) is 46.6 Å². The molecule has 1 saturated heterocycles. The lowest BCUT2D eigenvalue weighted by molar-refractivity contribution is -0.384. The zero-order chi connectivity index (χ0) is 22.2. The molecular weight excluding hydrogens is 414 g/mol. The summed E-state index contributed by atoms with van der Waals surface area (Å²) in [6, 6.07) is 5.51. The van der Waals surface area contributed by atoms with Gasteiger partial charge in [0.2, 0.25) is 5.91 Å². The van der Waals surface area contributed by atoms with Gasteiger partial charge in [0.15, 0.2) is 0 Å². The monoisotopic (exact) mass is 433 g/mol. The summed E-state index contributed by atoms with van der Waals surface area (Å²) in [6.07, 6.45) is 0. The first-order chi connectivity index (χ1) is 14.2. The molecule has 1 aromatic rings. The molecule has 0 radical (unpaired) electrons. The molecule has 1 fully saturated rings. The van der Waals surface area contributed by atoms with Crippen molar-refractivity contribution >= 4 is 35.3 Å². The number of amides is 1. The van der Waals surface area contributed by atoms with E-state index in [2.05, 4.69) is 0 Å². The van der Waals surface area contributed by atoms with Gasteiger partial charge >= 0.3 is 11.9 Å². The fourth-order valence-electron chi connectivity index (χ4n) is 3.40. The van der Waals surface area contributed by atoms with Crippen LogP contribution in [0.3, 0.4) is 0 Å². The molecule has 11 heteroatoms. The highest BCUT2D eigenvalue weighted by Gasteiger charge is 2.49. The second kappa shape index (κ2) is 8.19. The number of rotatable bonds is 5. The average Bonchev–Trinajstić information content (AvgIpc) is 3.02. The van der Waals surface area contributed by atoms with Gasteiger partial charge < -0.3 is 15.2 Å². The Balaban J connectivity index is 2.33. The number of benzene rings is 1. The molecule has 30 heavy (non-hydrogen) atoms. The van der Waals surface area contributed by atoms with E-state index in [-0.39, 0.29) is 39.9 Å². The first kappa shape index (κ1) is 21.4. The average molecular weight is 433 g/mol. The highest BCUT2D eigenvalue weighted by atomic mass is 32.2. The van der Waals surface area contributed by atoms with Gasteiger partial charge in [-0.3, -0.25) is 19.8 Å². The number of esters is 2. The topological polar surface area (TPSA) is 142 Å². The van der Waals surface area contributed by atoms with Crippen molar-refractivity contribution in [2.75, 3.05) is 13.7 Å². The number of nitro groups is 1. The Bertz CT molecular complexity index is 1020. The maximum atomic E-state index is 12.8. The van der Waals surface area contributed by atoms with Gasteiger partial charge in [-0.05, 0) is 19.4 Å². The number of fused-ring (bicyclic) bond motifs is 1. The van der Waals surface area contributed by atoms with Crippen molar-refractivity contribution in [3.63, 3.8) is 0 Å². The SMILES string of the molecule is CCOC(=O)C1=C(N)N2C(=O)[C@@H](C)SC2=C(C(=O)OC)[C@H]1c1cccc([N+](=O)[O-])c1. The molecule has 1 amide bonds. The molecule has 0 aromatic heterocycles. The number of non-ortho nitro benzene ring substituents is 1. The van der Waals surface area contributed by atoms with Crippen LogP contribution in [0.2, 0.25) is 0 Å². The quantitative estimate of drug-likeness (QED) is 0.417. The Hall–Kier alpha value is -3.34. The lowest BCUT2D eigenvalue weighted by Gasteiger charge is -2.32. The zero-order valence-corrected chi connectivity index (χ0v) is 17.2. The maximum Gasteiger partial charge on any atom is 0.338 e. The molecule has 2 heterocycles. The number of carbonyl (C=O) groups is 3.